The molecule has 0 spiro atoms. The first-order valence-electron chi connectivity index (χ1n) is 9.08. The van der Waals surface area contributed by atoms with Gasteiger partial charge in [-0.2, -0.15) is 5.10 Å². The van der Waals surface area contributed by atoms with Gasteiger partial charge in [0.1, 0.15) is 23.7 Å². The van der Waals surface area contributed by atoms with Crippen LogP contribution in [0.25, 0.3) is 11.3 Å². The van der Waals surface area contributed by atoms with Crippen molar-refractivity contribution in [3.05, 3.63) is 48.2 Å². The Morgan fingerprint density at radius 1 is 1.16 bits per heavy atom. The third-order valence-corrected chi connectivity index (χ3v) is 4.62. The summed E-state index contributed by atoms with van der Waals surface area (Å²) in [5.41, 5.74) is 7.65. The van der Waals surface area contributed by atoms with Crippen LogP contribution in [-0.2, 0) is 14.8 Å². The van der Waals surface area contributed by atoms with Crippen molar-refractivity contribution in [2.24, 2.45) is 5.73 Å². The van der Waals surface area contributed by atoms with E-state index >= 15 is 0 Å². The molecule has 1 amide bonds. The fourth-order valence-corrected chi connectivity index (χ4v) is 3.30. The quantitative estimate of drug-likeness (QED) is 0.342. The fraction of sp³-hybridized carbons (Fsp3) is 0.211. The van der Waals surface area contributed by atoms with Gasteiger partial charge >= 0.3 is 0 Å². The third kappa shape index (κ3) is 5.93. The summed E-state index contributed by atoms with van der Waals surface area (Å²) in [7, 11) is -1.82. The first-order chi connectivity index (χ1) is 14.8. The van der Waals surface area contributed by atoms with Gasteiger partial charge in [-0.05, 0) is 18.2 Å². The van der Waals surface area contributed by atoms with Crippen molar-refractivity contribution in [2.45, 2.75) is 0 Å². The average Bonchev–Trinajstić information content (AvgIpc) is 3.12. The highest BCUT2D eigenvalue weighted by Gasteiger charge is 2.20. The number of H-pyrrole nitrogens is 1. The molecule has 0 fully saturated rings. The molecule has 0 saturated carbocycles. The lowest BCUT2D eigenvalue weighted by molar-refractivity contribution is 0.100. The van der Waals surface area contributed by atoms with Crippen molar-refractivity contribution >= 4 is 33.1 Å². The van der Waals surface area contributed by atoms with Crippen molar-refractivity contribution < 1.29 is 22.7 Å². The molecular formula is C19H22N6O5S. The molecule has 5 N–H and O–H groups in total. The van der Waals surface area contributed by atoms with Crippen LogP contribution in [-0.4, -0.2) is 56.1 Å². The highest BCUT2D eigenvalue weighted by Crippen LogP contribution is 2.30. The number of nitrogens with one attached hydrogen (secondary N) is 3. The van der Waals surface area contributed by atoms with E-state index < -0.39 is 15.9 Å². The van der Waals surface area contributed by atoms with Crippen LogP contribution >= 0.6 is 0 Å². The summed E-state index contributed by atoms with van der Waals surface area (Å²) in [6.45, 7) is 0.769. The molecule has 0 aliphatic carbocycles. The Bertz CT molecular complexity index is 1160. The number of benzene rings is 1. The topological polar surface area (TPSA) is 161 Å². The lowest BCUT2D eigenvalue weighted by Crippen LogP contribution is -2.13. The molecular weight excluding hydrogens is 424 g/mol. The summed E-state index contributed by atoms with van der Waals surface area (Å²) in [5.74, 6) is 0.00136. The predicted molar refractivity (Wildman–Crippen MR) is 116 cm³/mol. The summed E-state index contributed by atoms with van der Waals surface area (Å²) in [6, 6.07) is 9.75. The van der Waals surface area contributed by atoms with Gasteiger partial charge in [-0.15, -0.1) is 0 Å². The molecule has 1 aromatic carbocycles. The maximum absolute atomic E-state index is 12.1. The van der Waals surface area contributed by atoms with E-state index in [0.717, 1.165) is 6.26 Å². The number of hydrogen-bond donors (Lipinski definition) is 4. The largest absolute Gasteiger partial charge is 0.475 e. The third-order valence-electron chi connectivity index (χ3n) is 4.02. The molecule has 0 unspecified atom stereocenters. The molecule has 31 heavy (non-hydrogen) atoms. The SMILES string of the molecule is COCCOc1cc(Nc2[nH]nc(-c3ccc(NS(C)(=O)=O)cc3)c2C(N)=O)ccn1. The van der Waals surface area contributed by atoms with Crippen LogP contribution in [0.2, 0.25) is 0 Å². The van der Waals surface area contributed by atoms with Crippen LogP contribution in [0.4, 0.5) is 17.2 Å². The number of carbonyl (C=O) groups excluding carboxylic acids is 1. The molecule has 0 aliphatic rings. The molecule has 0 atom stereocenters. The van der Waals surface area contributed by atoms with Crippen molar-refractivity contribution in [3.8, 4) is 17.1 Å². The van der Waals surface area contributed by atoms with Crippen LogP contribution < -0.4 is 20.5 Å². The number of amides is 1. The number of methoxy groups -OCH3 is 1. The Balaban J connectivity index is 1.84. The number of nitrogens with two attached hydrogens (primary N) is 1. The molecule has 164 valence electrons. The second-order valence-electron chi connectivity index (χ2n) is 6.49. The number of carbonyl (C=O) groups is 1. The molecule has 0 bridgehead atoms. The first-order valence-corrected chi connectivity index (χ1v) is 11.0. The predicted octanol–water partition coefficient (Wildman–Crippen LogP) is 1.71. The summed E-state index contributed by atoms with van der Waals surface area (Å²) in [5, 5.41) is 10.0. The number of aromatic amines is 1. The lowest BCUT2D eigenvalue weighted by atomic mass is 10.1. The van der Waals surface area contributed by atoms with Crippen molar-refractivity contribution in [3.63, 3.8) is 0 Å². The number of anilines is 3. The average molecular weight is 446 g/mol. The first kappa shape index (κ1) is 22.1. The zero-order valence-corrected chi connectivity index (χ0v) is 17.7. The van der Waals surface area contributed by atoms with Gasteiger partial charge in [-0.1, -0.05) is 12.1 Å². The maximum atomic E-state index is 12.1. The number of pyridine rings is 1. The van der Waals surface area contributed by atoms with Crippen LogP contribution in [0.5, 0.6) is 5.88 Å². The van der Waals surface area contributed by atoms with E-state index in [4.69, 9.17) is 15.2 Å². The summed E-state index contributed by atoms with van der Waals surface area (Å²) < 4.78 is 35.5. The van der Waals surface area contributed by atoms with E-state index in [1.807, 2.05) is 0 Å². The van der Waals surface area contributed by atoms with E-state index in [0.29, 0.717) is 47.5 Å². The zero-order chi connectivity index (χ0) is 22.4. The number of aromatic nitrogens is 3. The number of ether oxygens (including phenoxy) is 2. The van der Waals surface area contributed by atoms with Gasteiger partial charge < -0.3 is 20.5 Å². The van der Waals surface area contributed by atoms with Crippen LogP contribution in [0.1, 0.15) is 10.4 Å². The Morgan fingerprint density at radius 3 is 2.55 bits per heavy atom. The van der Waals surface area contributed by atoms with Crippen molar-refractivity contribution in [1.29, 1.82) is 0 Å². The molecule has 3 aromatic rings. The number of sulfonamides is 1. The Labute approximate surface area is 179 Å². The highest BCUT2D eigenvalue weighted by atomic mass is 32.2. The van der Waals surface area contributed by atoms with Gasteiger partial charge in [0.2, 0.25) is 15.9 Å². The highest BCUT2D eigenvalue weighted by molar-refractivity contribution is 7.92. The van der Waals surface area contributed by atoms with Gasteiger partial charge in [-0.3, -0.25) is 14.6 Å². The molecule has 0 saturated heterocycles. The van der Waals surface area contributed by atoms with E-state index in [2.05, 4.69) is 25.2 Å². The number of primary amides is 1. The minimum atomic E-state index is -3.40. The van der Waals surface area contributed by atoms with E-state index in [1.54, 1.807) is 49.7 Å². The normalized spacial score (nSPS) is 11.2. The number of rotatable bonds is 10. The molecule has 0 radical (unpaired) electrons. The van der Waals surface area contributed by atoms with E-state index in [1.165, 1.54) is 0 Å². The Morgan fingerprint density at radius 2 is 1.90 bits per heavy atom. The monoisotopic (exact) mass is 446 g/mol. The van der Waals surface area contributed by atoms with Crippen LogP contribution in [0.3, 0.4) is 0 Å². The molecule has 0 aliphatic heterocycles. The molecule has 2 heterocycles. The summed E-state index contributed by atoms with van der Waals surface area (Å²) >= 11 is 0. The van der Waals surface area contributed by atoms with Crippen molar-refractivity contribution in [2.75, 3.05) is 36.6 Å². The van der Waals surface area contributed by atoms with Gasteiger partial charge in [0, 0.05) is 36.3 Å². The maximum Gasteiger partial charge on any atom is 0.254 e. The lowest BCUT2D eigenvalue weighted by Gasteiger charge is -2.09. The number of nitrogens with zero attached hydrogens (tertiary/aromatic N) is 2. The minimum absolute atomic E-state index is 0.155. The van der Waals surface area contributed by atoms with Crippen molar-refractivity contribution in [1.82, 2.24) is 15.2 Å². The van der Waals surface area contributed by atoms with Gasteiger partial charge in [0.05, 0.1) is 12.9 Å². The number of hydrogen-bond acceptors (Lipinski definition) is 8. The Kier molecular flexibility index (Phi) is 6.72. The minimum Gasteiger partial charge on any atom is -0.475 e. The van der Waals surface area contributed by atoms with E-state index in [9.17, 15) is 13.2 Å². The van der Waals surface area contributed by atoms with Gasteiger partial charge in [-0.25, -0.2) is 13.4 Å². The second-order valence-corrected chi connectivity index (χ2v) is 8.24. The standard InChI is InChI=1S/C19H22N6O5S/c1-29-9-10-30-15-11-14(7-8-21-15)22-19-16(18(20)26)17(23-24-19)12-3-5-13(6-4-12)25-31(2,27)28/h3-8,11,25H,9-10H2,1-2H3,(H2,20,26)(H2,21,22,23,24). The van der Waals surface area contributed by atoms with Gasteiger partial charge in [0.25, 0.3) is 5.91 Å². The molecule has 2 aromatic heterocycles. The molecule has 12 heteroatoms. The van der Waals surface area contributed by atoms with Crippen LogP contribution in [0, 0.1) is 0 Å². The molecule has 11 nitrogen and oxygen atoms in total. The summed E-state index contributed by atoms with van der Waals surface area (Å²) in [6.07, 6.45) is 2.62. The molecule has 3 rings (SSSR count). The Hall–Kier alpha value is -3.64. The van der Waals surface area contributed by atoms with Gasteiger partial charge in [0.15, 0.2) is 0 Å². The van der Waals surface area contributed by atoms with Crippen LogP contribution in [0.15, 0.2) is 42.6 Å². The fourth-order valence-electron chi connectivity index (χ4n) is 2.73. The second kappa shape index (κ2) is 9.45. The van der Waals surface area contributed by atoms with E-state index in [-0.39, 0.29) is 5.56 Å². The summed E-state index contributed by atoms with van der Waals surface area (Å²) in [4.78, 5) is 16.3. The smallest absolute Gasteiger partial charge is 0.254 e. The zero-order valence-electron chi connectivity index (χ0n) is 16.9.